The number of anilines is 2. The quantitative estimate of drug-likeness (QED) is 0.731. The lowest BCUT2D eigenvalue weighted by molar-refractivity contribution is 0.179. The van der Waals surface area contributed by atoms with E-state index >= 15 is 0 Å². The van der Waals surface area contributed by atoms with Crippen LogP contribution in [-0.4, -0.2) is 19.7 Å². The highest BCUT2D eigenvalue weighted by Gasteiger charge is 2.12. The molecule has 4 nitrogen and oxygen atoms in total. The van der Waals surface area contributed by atoms with Crippen LogP contribution in [0.1, 0.15) is 6.92 Å². The van der Waals surface area contributed by atoms with E-state index < -0.39 is 0 Å². The molecule has 76 valence electrons. The van der Waals surface area contributed by atoms with Crippen molar-refractivity contribution in [3.8, 4) is 0 Å². The predicted octanol–water partition coefficient (Wildman–Crippen LogP) is 1.86. The molecule has 0 spiro atoms. The van der Waals surface area contributed by atoms with Gasteiger partial charge >= 0.3 is 6.09 Å². The van der Waals surface area contributed by atoms with Crippen molar-refractivity contribution in [2.45, 2.75) is 6.92 Å². The number of amides is 1. The highest BCUT2D eigenvalue weighted by atomic mass is 16.5. The fourth-order valence-corrected chi connectivity index (χ4v) is 1.18. The predicted molar refractivity (Wildman–Crippen MR) is 56.3 cm³/mol. The number of hydrogen-bond donors (Lipinski definition) is 1. The topological polar surface area (TPSA) is 55.6 Å². The van der Waals surface area contributed by atoms with Gasteiger partial charge in [0.1, 0.15) is 0 Å². The third-order valence-electron chi connectivity index (χ3n) is 1.92. The van der Waals surface area contributed by atoms with Crippen molar-refractivity contribution in [1.29, 1.82) is 0 Å². The molecule has 1 aromatic carbocycles. The van der Waals surface area contributed by atoms with Crippen LogP contribution < -0.4 is 10.6 Å². The van der Waals surface area contributed by atoms with Gasteiger partial charge < -0.3 is 10.5 Å². The molecule has 0 radical (unpaired) electrons. The summed E-state index contributed by atoms with van der Waals surface area (Å²) in [6, 6.07) is 7.08. The summed E-state index contributed by atoms with van der Waals surface area (Å²) < 4.78 is 4.64. The number of carbonyl (C=O) groups excluding carboxylic acids is 1. The number of hydrogen-bond acceptors (Lipinski definition) is 3. The van der Waals surface area contributed by atoms with Gasteiger partial charge in [-0.3, -0.25) is 4.90 Å². The van der Waals surface area contributed by atoms with Crippen LogP contribution in [-0.2, 0) is 4.74 Å². The Morgan fingerprint density at radius 3 is 2.43 bits per heavy atom. The number of methoxy groups -OCH3 is 1. The van der Waals surface area contributed by atoms with Crippen molar-refractivity contribution >= 4 is 17.5 Å². The summed E-state index contributed by atoms with van der Waals surface area (Å²) in [4.78, 5) is 12.8. The van der Waals surface area contributed by atoms with E-state index in [0.717, 1.165) is 5.69 Å². The molecule has 0 aliphatic carbocycles. The molecule has 0 atom stereocenters. The van der Waals surface area contributed by atoms with Crippen molar-refractivity contribution in [3.05, 3.63) is 24.3 Å². The molecule has 0 saturated heterocycles. The van der Waals surface area contributed by atoms with Crippen LogP contribution in [0.3, 0.4) is 0 Å². The molecule has 4 heteroatoms. The van der Waals surface area contributed by atoms with Crippen molar-refractivity contribution in [2.24, 2.45) is 0 Å². The Bertz CT molecular complexity index is 308. The number of nitrogens with zero attached hydrogens (tertiary/aromatic N) is 1. The summed E-state index contributed by atoms with van der Waals surface area (Å²) >= 11 is 0. The monoisotopic (exact) mass is 194 g/mol. The van der Waals surface area contributed by atoms with Crippen LogP contribution >= 0.6 is 0 Å². The second kappa shape index (κ2) is 4.50. The molecule has 2 N–H and O–H groups in total. The lowest BCUT2D eigenvalue weighted by Gasteiger charge is -2.19. The molecule has 0 aromatic heterocycles. The first-order valence-electron chi connectivity index (χ1n) is 4.40. The highest BCUT2D eigenvalue weighted by Crippen LogP contribution is 2.16. The maximum absolute atomic E-state index is 11.3. The van der Waals surface area contributed by atoms with E-state index in [1.165, 1.54) is 12.0 Å². The van der Waals surface area contributed by atoms with Crippen molar-refractivity contribution in [3.63, 3.8) is 0 Å². The third kappa shape index (κ3) is 2.16. The minimum Gasteiger partial charge on any atom is -0.452 e. The van der Waals surface area contributed by atoms with Crippen LogP contribution in [0.2, 0.25) is 0 Å². The molecule has 0 bridgehead atoms. The van der Waals surface area contributed by atoms with Gasteiger partial charge in [0.25, 0.3) is 0 Å². The smallest absolute Gasteiger partial charge is 0.413 e. The molecular weight excluding hydrogens is 180 g/mol. The summed E-state index contributed by atoms with van der Waals surface area (Å²) in [7, 11) is 1.36. The molecule has 0 aliphatic heterocycles. The first kappa shape index (κ1) is 10.4. The van der Waals surface area contributed by atoms with E-state index in [1.807, 2.05) is 6.92 Å². The SMILES string of the molecule is CCN(C(=O)OC)c1ccc(N)cc1. The molecule has 0 aliphatic rings. The summed E-state index contributed by atoms with van der Waals surface area (Å²) in [5.41, 5.74) is 7.00. The Hall–Kier alpha value is -1.71. The number of nitrogens with two attached hydrogens (primary N) is 1. The Labute approximate surface area is 83.3 Å². The Morgan fingerprint density at radius 1 is 1.43 bits per heavy atom. The van der Waals surface area contributed by atoms with Gasteiger partial charge in [-0.25, -0.2) is 4.79 Å². The molecule has 0 saturated carbocycles. The van der Waals surface area contributed by atoms with Crippen molar-refractivity contribution in [1.82, 2.24) is 0 Å². The van der Waals surface area contributed by atoms with Crippen LogP contribution in [0.25, 0.3) is 0 Å². The van der Waals surface area contributed by atoms with Gasteiger partial charge in [-0.15, -0.1) is 0 Å². The molecule has 0 heterocycles. The first-order chi connectivity index (χ1) is 6.69. The molecule has 1 rings (SSSR count). The third-order valence-corrected chi connectivity index (χ3v) is 1.92. The standard InChI is InChI=1S/C10H14N2O2/c1-3-12(10(13)14-2)9-6-4-8(11)5-7-9/h4-7H,3,11H2,1-2H3. The second-order valence-electron chi connectivity index (χ2n) is 2.81. The van der Waals surface area contributed by atoms with Crippen LogP contribution in [0.5, 0.6) is 0 Å². The Kier molecular flexibility index (Phi) is 3.34. The van der Waals surface area contributed by atoms with Gasteiger partial charge in [0, 0.05) is 17.9 Å². The maximum atomic E-state index is 11.3. The van der Waals surface area contributed by atoms with E-state index in [2.05, 4.69) is 4.74 Å². The fraction of sp³-hybridized carbons (Fsp3) is 0.300. The van der Waals surface area contributed by atoms with Crippen molar-refractivity contribution in [2.75, 3.05) is 24.3 Å². The Morgan fingerprint density at radius 2 is 2.00 bits per heavy atom. The van der Waals surface area contributed by atoms with Crippen LogP contribution in [0.4, 0.5) is 16.2 Å². The zero-order valence-corrected chi connectivity index (χ0v) is 8.36. The second-order valence-corrected chi connectivity index (χ2v) is 2.81. The van der Waals surface area contributed by atoms with E-state index in [0.29, 0.717) is 12.2 Å². The molecule has 1 aromatic rings. The van der Waals surface area contributed by atoms with Gasteiger partial charge in [-0.05, 0) is 31.2 Å². The summed E-state index contributed by atoms with van der Waals surface area (Å²) in [6.45, 7) is 2.45. The average Bonchev–Trinajstić information content (AvgIpc) is 2.21. The lowest BCUT2D eigenvalue weighted by atomic mass is 10.2. The van der Waals surface area contributed by atoms with E-state index in [4.69, 9.17) is 5.73 Å². The Balaban J connectivity index is 2.89. The summed E-state index contributed by atoms with van der Waals surface area (Å²) in [5.74, 6) is 0. The summed E-state index contributed by atoms with van der Waals surface area (Å²) in [5, 5.41) is 0. The van der Waals surface area contributed by atoms with Crippen LogP contribution in [0, 0.1) is 0 Å². The number of carbonyl (C=O) groups is 1. The largest absolute Gasteiger partial charge is 0.452 e. The minimum absolute atomic E-state index is 0.364. The number of benzene rings is 1. The zero-order valence-electron chi connectivity index (χ0n) is 8.36. The molecule has 1 amide bonds. The van der Waals surface area contributed by atoms with Gasteiger partial charge in [0.15, 0.2) is 0 Å². The zero-order chi connectivity index (χ0) is 10.6. The molecule has 0 fully saturated rings. The first-order valence-corrected chi connectivity index (χ1v) is 4.40. The fourth-order valence-electron chi connectivity index (χ4n) is 1.18. The summed E-state index contributed by atoms with van der Waals surface area (Å²) in [6.07, 6.45) is -0.364. The van der Waals surface area contributed by atoms with Gasteiger partial charge in [-0.2, -0.15) is 0 Å². The van der Waals surface area contributed by atoms with E-state index in [9.17, 15) is 4.79 Å². The van der Waals surface area contributed by atoms with Gasteiger partial charge in [0.05, 0.1) is 7.11 Å². The van der Waals surface area contributed by atoms with E-state index in [-0.39, 0.29) is 6.09 Å². The van der Waals surface area contributed by atoms with E-state index in [1.54, 1.807) is 24.3 Å². The molecular formula is C10H14N2O2. The number of rotatable bonds is 2. The lowest BCUT2D eigenvalue weighted by Crippen LogP contribution is -2.30. The number of nitrogen functional groups attached to an aromatic ring is 1. The average molecular weight is 194 g/mol. The normalized spacial score (nSPS) is 9.57. The van der Waals surface area contributed by atoms with Crippen molar-refractivity contribution < 1.29 is 9.53 Å². The molecule has 14 heavy (non-hydrogen) atoms. The van der Waals surface area contributed by atoms with Gasteiger partial charge in [0.2, 0.25) is 0 Å². The number of ether oxygens (including phenoxy) is 1. The molecule has 0 unspecified atom stereocenters. The van der Waals surface area contributed by atoms with Gasteiger partial charge in [-0.1, -0.05) is 0 Å². The minimum atomic E-state index is -0.364. The van der Waals surface area contributed by atoms with Crippen LogP contribution in [0.15, 0.2) is 24.3 Å². The maximum Gasteiger partial charge on any atom is 0.413 e. The highest BCUT2D eigenvalue weighted by molar-refractivity contribution is 5.87.